The third-order valence-electron chi connectivity index (χ3n) is 5.18. The molecule has 8 heteroatoms. The van der Waals surface area contributed by atoms with E-state index >= 15 is 0 Å². The highest BCUT2D eigenvalue weighted by Crippen LogP contribution is 2.26. The van der Waals surface area contributed by atoms with E-state index in [1.165, 1.54) is 13.1 Å². The summed E-state index contributed by atoms with van der Waals surface area (Å²) in [7, 11) is 1.45. The quantitative estimate of drug-likeness (QED) is 0.786. The Bertz CT molecular complexity index is 774. The number of carbonyl (C=O) groups is 1. The number of likely N-dealkylation sites (tertiary alicyclic amines) is 1. The monoisotopic (exact) mass is 392 g/mol. The second kappa shape index (κ2) is 9.14. The molecule has 0 saturated carbocycles. The molecular weight excluding hydrogens is 366 g/mol. The number of hydrogen-bond donors (Lipinski definition) is 1. The van der Waals surface area contributed by atoms with Crippen molar-refractivity contribution in [2.24, 2.45) is 13.0 Å². The van der Waals surface area contributed by atoms with Crippen LogP contribution in [0.2, 0.25) is 0 Å². The number of benzene rings is 1. The fourth-order valence-corrected chi connectivity index (χ4v) is 3.52. The van der Waals surface area contributed by atoms with Gasteiger partial charge in [0.1, 0.15) is 0 Å². The Balaban J connectivity index is 1.68. The zero-order valence-corrected chi connectivity index (χ0v) is 16.1. The molecule has 152 valence electrons. The van der Waals surface area contributed by atoms with E-state index in [0.717, 1.165) is 36.2 Å². The number of nitrogens with zero attached hydrogens (tertiary/aromatic N) is 3. The molecule has 1 aromatic carbocycles. The van der Waals surface area contributed by atoms with Gasteiger partial charge < -0.3 is 10.1 Å². The fraction of sp³-hybridized carbons (Fsp3) is 0.500. The molecule has 1 fully saturated rings. The lowest BCUT2D eigenvalue weighted by atomic mass is 9.95. The highest BCUT2D eigenvalue weighted by atomic mass is 19.3. The molecule has 0 aliphatic carbocycles. The van der Waals surface area contributed by atoms with Gasteiger partial charge >= 0.3 is 6.61 Å². The molecule has 28 heavy (non-hydrogen) atoms. The summed E-state index contributed by atoms with van der Waals surface area (Å²) in [6.45, 7) is 1.67. The predicted octanol–water partition coefficient (Wildman–Crippen LogP) is 3.22. The van der Waals surface area contributed by atoms with Crippen LogP contribution in [0.5, 0.6) is 5.88 Å². The number of amides is 1. The number of ether oxygens (including phenoxy) is 1. The Morgan fingerprint density at radius 2 is 1.96 bits per heavy atom. The first-order valence-electron chi connectivity index (χ1n) is 9.50. The van der Waals surface area contributed by atoms with E-state index in [1.807, 2.05) is 18.2 Å². The average molecular weight is 392 g/mol. The summed E-state index contributed by atoms with van der Waals surface area (Å²) in [5.74, 6) is 0.153. The van der Waals surface area contributed by atoms with Gasteiger partial charge in [0.15, 0.2) is 5.69 Å². The smallest absolute Gasteiger partial charge is 0.388 e. The SMILES string of the molecule is CC1CCN(C(CNC(=O)c2cc(OC(F)F)n(C)n2)c2ccccc2)CC1. The molecule has 1 aromatic heterocycles. The highest BCUT2D eigenvalue weighted by Gasteiger charge is 2.25. The van der Waals surface area contributed by atoms with E-state index in [-0.39, 0.29) is 17.6 Å². The summed E-state index contributed by atoms with van der Waals surface area (Å²) >= 11 is 0. The van der Waals surface area contributed by atoms with Gasteiger partial charge in [-0.15, -0.1) is 0 Å². The number of hydrogen-bond acceptors (Lipinski definition) is 4. The summed E-state index contributed by atoms with van der Waals surface area (Å²) in [5.41, 5.74) is 1.19. The highest BCUT2D eigenvalue weighted by molar-refractivity contribution is 5.92. The minimum atomic E-state index is -2.96. The van der Waals surface area contributed by atoms with Crippen molar-refractivity contribution >= 4 is 5.91 Å². The normalized spacial score (nSPS) is 16.9. The number of piperidine rings is 1. The Labute approximate surface area is 163 Å². The van der Waals surface area contributed by atoms with Crippen molar-refractivity contribution in [3.63, 3.8) is 0 Å². The number of aromatic nitrogens is 2. The standard InChI is InChI=1S/C20H26F2N4O2/c1-14-8-10-26(11-9-14)17(15-6-4-3-5-7-15)13-23-19(27)16-12-18(25(2)24-16)28-20(21)22/h3-7,12,14,17,20H,8-11,13H2,1-2H3,(H,23,27). The maximum Gasteiger partial charge on any atom is 0.388 e. The van der Waals surface area contributed by atoms with E-state index < -0.39 is 12.5 Å². The molecule has 0 bridgehead atoms. The maximum absolute atomic E-state index is 12.5. The van der Waals surface area contributed by atoms with Crippen molar-refractivity contribution in [3.8, 4) is 5.88 Å². The minimum Gasteiger partial charge on any atom is -0.417 e. The number of aryl methyl sites for hydroxylation is 1. The second-order valence-corrected chi connectivity index (χ2v) is 7.22. The Kier molecular flexibility index (Phi) is 6.61. The van der Waals surface area contributed by atoms with Gasteiger partial charge in [-0.3, -0.25) is 9.69 Å². The summed E-state index contributed by atoms with van der Waals surface area (Å²) < 4.78 is 30.3. The molecule has 1 amide bonds. The van der Waals surface area contributed by atoms with Crippen molar-refractivity contribution in [1.29, 1.82) is 0 Å². The van der Waals surface area contributed by atoms with Gasteiger partial charge in [0.25, 0.3) is 5.91 Å². The number of rotatable bonds is 7. The van der Waals surface area contributed by atoms with E-state index in [9.17, 15) is 13.6 Å². The molecule has 1 aliphatic rings. The van der Waals surface area contributed by atoms with E-state index in [2.05, 4.69) is 39.1 Å². The van der Waals surface area contributed by atoms with Gasteiger partial charge in [0, 0.05) is 19.7 Å². The summed E-state index contributed by atoms with van der Waals surface area (Å²) in [5, 5.41) is 6.87. The average Bonchev–Trinajstić information content (AvgIpc) is 3.04. The molecule has 0 radical (unpaired) electrons. The largest absolute Gasteiger partial charge is 0.417 e. The van der Waals surface area contributed by atoms with Gasteiger partial charge in [-0.25, -0.2) is 4.68 Å². The van der Waals surface area contributed by atoms with Gasteiger partial charge in [0.2, 0.25) is 5.88 Å². The Hall–Kier alpha value is -2.48. The van der Waals surface area contributed by atoms with Crippen molar-refractivity contribution in [3.05, 3.63) is 47.7 Å². The van der Waals surface area contributed by atoms with Gasteiger partial charge in [-0.2, -0.15) is 13.9 Å². The van der Waals surface area contributed by atoms with Crippen LogP contribution in [0.1, 0.15) is 41.9 Å². The first kappa shape index (κ1) is 20.3. The molecule has 1 N–H and O–H groups in total. The van der Waals surface area contributed by atoms with Crippen molar-refractivity contribution in [1.82, 2.24) is 20.0 Å². The first-order valence-corrected chi connectivity index (χ1v) is 9.50. The Morgan fingerprint density at radius 3 is 2.61 bits per heavy atom. The van der Waals surface area contributed by atoms with Crippen LogP contribution in [0.3, 0.4) is 0 Å². The number of alkyl halides is 2. The number of nitrogens with one attached hydrogen (secondary N) is 1. The molecule has 1 saturated heterocycles. The molecule has 3 rings (SSSR count). The molecule has 1 aliphatic heterocycles. The van der Waals surface area contributed by atoms with E-state index in [0.29, 0.717) is 12.5 Å². The van der Waals surface area contributed by atoms with Gasteiger partial charge in [-0.1, -0.05) is 37.3 Å². The molecule has 6 nitrogen and oxygen atoms in total. The van der Waals surface area contributed by atoms with Crippen molar-refractivity contribution in [2.45, 2.75) is 32.4 Å². The van der Waals surface area contributed by atoms with Crippen LogP contribution in [0.15, 0.2) is 36.4 Å². The van der Waals surface area contributed by atoms with Crippen LogP contribution in [-0.2, 0) is 7.05 Å². The summed E-state index contributed by atoms with van der Waals surface area (Å²) in [4.78, 5) is 14.9. The molecule has 0 spiro atoms. The molecule has 1 unspecified atom stereocenters. The van der Waals surface area contributed by atoms with Crippen LogP contribution in [0.4, 0.5) is 8.78 Å². The molecule has 2 heterocycles. The minimum absolute atomic E-state index is 0.0530. The van der Waals surface area contributed by atoms with E-state index in [4.69, 9.17) is 0 Å². The molecule has 2 aromatic rings. The number of halogens is 2. The zero-order valence-electron chi connectivity index (χ0n) is 16.1. The topological polar surface area (TPSA) is 59.4 Å². The van der Waals surface area contributed by atoms with Crippen LogP contribution in [-0.4, -0.2) is 46.8 Å². The second-order valence-electron chi connectivity index (χ2n) is 7.22. The predicted molar refractivity (Wildman–Crippen MR) is 101 cm³/mol. The van der Waals surface area contributed by atoms with Crippen LogP contribution in [0.25, 0.3) is 0 Å². The molecule has 1 atom stereocenters. The van der Waals surface area contributed by atoms with Crippen LogP contribution >= 0.6 is 0 Å². The first-order chi connectivity index (χ1) is 13.4. The molecular formula is C20H26F2N4O2. The van der Waals surface area contributed by atoms with E-state index in [1.54, 1.807) is 0 Å². The van der Waals surface area contributed by atoms with Crippen molar-refractivity contribution in [2.75, 3.05) is 19.6 Å². The summed E-state index contributed by atoms with van der Waals surface area (Å²) in [6.07, 6.45) is 2.26. The van der Waals surface area contributed by atoms with Crippen LogP contribution in [0, 0.1) is 5.92 Å². The van der Waals surface area contributed by atoms with Crippen LogP contribution < -0.4 is 10.1 Å². The lowest BCUT2D eigenvalue weighted by Gasteiger charge is -2.37. The van der Waals surface area contributed by atoms with Gasteiger partial charge in [-0.05, 0) is 37.4 Å². The lowest BCUT2D eigenvalue weighted by molar-refractivity contribution is -0.0553. The third-order valence-corrected chi connectivity index (χ3v) is 5.18. The third kappa shape index (κ3) is 5.07. The van der Waals surface area contributed by atoms with Gasteiger partial charge in [0.05, 0.1) is 6.04 Å². The summed E-state index contributed by atoms with van der Waals surface area (Å²) in [6, 6.07) is 11.3. The Morgan fingerprint density at radius 1 is 1.29 bits per heavy atom. The maximum atomic E-state index is 12.5. The lowest BCUT2D eigenvalue weighted by Crippen LogP contribution is -2.42. The fourth-order valence-electron chi connectivity index (χ4n) is 3.52. The number of carbonyl (C=O) groups excluding carboxylic acids is 1. The zero-order chi connectivity index (χ0) is 20.1. The van der Waals surface area contributed by atoms with Crippen molar-refractivity contribution < 1.29 is 18.3 Å².